The molecule has 2 aliphatic rings. The molecule has 1 nitrogen and oxygen atoms in total. The van der Waals surface area contributed by atoms with Crippen molar-refractivity contribution in [3.8, 4) is 11.1 Å². The van der Waals surface area contributed by atoms with E-state index in [0.29, 0.717) is 0 Å². The van der Waals surface area contributed by atoms with Gasteiger partial charge >= 0.3 is 282 Å². The number of para-hydroxylation sites is 1. The van der Waals surface area contributed by atoms with E-state index in [2.05, 4.69) is 153 Å². The first-order valence-electron chi connectivity index (χ1n) is 16.0. The second kappa shape index (κ2) is 11.4. The second-order valence-corrected chi connectivity index (χ2v) is 51.1. The summed E-state index contributed by atoms with van der Waals surface area (Å²) in [7, 11) is 17.8. The number of nitrogens with zero attached hydrogens (tertiary/aromatic N) is 1. The van der Waals surface area contributed by atoms with Crippen molar-refractivity contribution in [3.05, 3.63) is 173 Å². The minimum atomic E-state index is -5.26. The van der Waals surface area contributed by atoms with Gasteiger partial charge in [0.15, 0.2) is 0 Å². The molecule has 6 aromatic rings. The van der Waals surface area contributed by atoms with E-state index in [9.17, 15) is 0 Å². The van der Waals surface area contributed by atoms with Crippen molar-refractivity contribution in [1.82, 2.24) is 4.98 Å². The van der Waals surface area contributed by atoms with Gasteiger partial charge < -0.3 is 0 Å². The van der Waals surface area contributed by atoms with Crippen LogP contribution < -0.4 is 10.4 Å². The molecular formula is C41H34Cl2NSiZr. The molecule has 0 fully saturated rings. The van der Waals surface area contributed by atoms with Gasteiger partial charge in [0.25, 0.3) is 0 Å². The molecule has 5 heteroatoms. The third-order valence-corrected chi connectivity index (χ3v) is 52.6. The zero-order chi connectivity index (χ0) is 31.5. The average Bonchev–Trinajstić information content (AvgIpc) is 3.62. The molecule has 2 aliphatic carbocycles. The first-order chi connectivity index (χ1) is 22.4. The van der Waals surface area contributed by atoms with Gasteiger partial charge in [0.1, 0.15) is 0 Å². The standard InChI is InChI=1S/C19H14N.C12H11Si.C10H9.2ClH.Zr/c1-13-11-15-6-3-8-16(18(15)12-13)17-9-2-5-14-7-4-10-20-19(14)17;1-3-7-11(8-4-1)13-12-9-5-2-6-10-12;1-8-6-9-4-2-3-5-10(9)7-8;;;/h2-12H,1H3;1-10,13H;2-7H,1H3;2*1H;/q;;;;;+2/p-2. The number of halogens is 2. The van der Waals surface area contributed by atoms with Crippen LogP contribution in [0.2, 0.25) is 0 Å². The van der Waals surface area contributed by atoms with Crippen LogP contribution >= 0.6 is 17.0 Å². The number of fused-ring (bicyclic) bond motifs is 3. The quantitative estimate of drug-likeness (QED) is 0.156. The summed E-state index contributed by atoms with van der Waals surface area (Å²) in [6.45, 7) is 4.53. The maximum atomic E-state index is 8.92. The Labute approximate surface area is 280 Å². The molecule has 1 heterocycles. The summed E-state index contributed by atoms with van der Waals surface area (Å²) in [5.41, 5.74) is 10.9. The fourth-order valence-electron chi connectivity index (χ4n) is 8.67. The Morgan fingerprint density at radius 2 is 1.13 bits per heavy atom. The van der Waals surface area contributed by atoms with E-state index in [0.717, 1.165) is 16.5 Å². The molecule has 225 valence electrons. The van der Waals surface area contributed by atoms with Gasteiger partial charge in [-0.15, -0.1) is 0 Å². The van der Waals surface area contributed by atoms with E-state index < -0.39 is 21.5 Å². The topological polar surface area (TPSA) is 12.9 Å². The minimum absolute atomic E-state index is 0.0137. The molecule has 2 atom stereocenters. The fourth-order valence-corrected chi connectivity index (χ4v) is 60.1. The monoisotopic (exact) mass is 728 g/mol. The maximum absolute atomic E-state index is 8.92. The molecule has 46 heavy (non-hydrogen) atoms. The van der Waals surface area contributed by atoms with E-state index in [1.165, 1.54) is 49.3 Å². The van der Waals surface area contributed by atoms with Crippen LogP contribution in [0, 0.1) is 0 Å². The van der Waals surface area contributed by atoms with Crippen molar-refractivity contribution in [2.75, 3.05) is 0 Å². The number of benzene rings is 5. The third-order valence-electron chi connectivity index (χ3n) is 10.3. The van der Waals surface area contributed by atoms with Gasteiger partial charge in [0.2, 0.25) is 0 Å². The van der Waals surface area contributed by atoms with Crippen LogP contribution in [0.3, 0.4) is 0 Å². The van der Waals surface area contributed by atoms with Crippen LogP contribution in [0.15, 0.2) is 151 Å². The summed E-state index contributed by atoms with van der Waals surface area (Å²) in [6, 6.07) is 48.1. The number of rotatable bonds is 6. The van der Waals surface area contributed by atoms with Crippen LogP contribution in [-0.2, 0) is 15.6 Å². The molecule has 0 saturated heterocycles. The third kappa shape index (κ3) is 4.54. The Kier molecular flexibility index (Phi) is 7.46. The molecular weight excluding hydrogens is 697 g/mol. The van der Waals surface area contributed by atoms with Gasteiger partial charge in [-0.2, -0.15) is 0 Å². The van der Waals surface area contributed by atoms with Gasteiger partial charge in [-0.3, -0.25) is 0 Å². The van der Waals surface area contributed by atoms with E-state index in [4.69, 9.17) is 22.0 Å². The Balaban J connectivity index is 1.44. The van der Waals surface area contributed by atoms with Crippen molar-refractivity contribution in [2.24, 2.45) is 0 Å². The second-order valence-electron chi connectivity index (χ2n) is 12.9. The van der Waals surface area contributed by atoms with Crippen LogP contribution in [0.1, 0.15) is 43.4 Å². The van der Waals surface area contributed by atoms with Crippen molar-refractivity contribution < 1.29 is 15.6 Å². The molecule has 1 aromatic heterocycles. The van der Waals surface area contributed by atoms with Crippen LogP contribution in [0.25, 0.3) is 34.2 Å². The van der Waals surface area contributed by atoms with Crippen molar-refractivity contribution >= 4 is 56.4 Å². The fraction of sp³-hybridized carbons (Fsp3) is 0.0976. The Morgan fingerprint density at radius 1 is 0.565 bits per heavy atom. The number of allylic oxidation sites excluding steroid dienone is 2. The molecule has 5 aromatic carbocycles. The number of pyridine rings is 1. The van der Waals surface area contributed by atoms with Crippen molar-refractivity contribution in [1.29, 1.82) is 0 Å². The summed E-state index contributed by atoms with van der Waals surface area (Å²) < 4.78 is -0.0699. The molecule has 0 saturated carbocycles. The predicted octanol–water partition coefficient (Wildman–Crippen LogP) is 10.1. The average molecular weight is 731 g/mol. The molecule has 8 rings (SSSR count). The number of hydrogen-bond donors (Lipinski definition) is 0. The zero-order valence-corrected chi connectivity index (χ0v) is 31.0. The number of aromatic nitrogens is 1. The first kappa shape index (κ1) is 30.0. The van der Waals surface area contributed by atoms with Gasteiger partial charge in [0.05, 0.1) is 0 Å². The van der Waals surface area contributed by atoms with Crippen LogP contribution in [0.5, 0.6) is 0 Å². The summed E-state index contributed by atoms with van der Waals surface area (Å²) >= 11 is -5.26. The van der Waals surface area contributed by atoms with E-state index in [-0.39, 0.29) is 7.25 Å². The molecule has 0 bridgehead atoms. The molecule has 2 unspecified atom stereocenters. The molecule has 0 aliphatic heterocycles. The number of hydrogen-bond acceptors (Lipinski definition) is 1. The molecule has 0 radical (unpaired) electrons. The van der Waals surface area contributed by atoms with Crippen LogP contribution in [-0.4, -0.2) is 10.9 Å². The Bertz CT molecular complexity index is 2150. The zero-order valence-electron chi connectivity index (χ0n) is 25.9. The Hall–Kier alpha value is -3.33. The van der Waals surface area contributed by atoms with Gasteiger partial charge in [-0.1, -0.05) is 0 Å². The predicted molar refractivity (Wildman–Crippen MR) is 197 cm³/mol. The summed E-state index contributed by atoms with van der Waals surface area (Å²) in [5, 5.41) is 3.77. The van der Waals surface area contributed by atoms with Gasteiger partial charge in [0, 0.05) is 0 Å². The van der Waals surface area contributed by atoms with E-state index in [1.807, 2.05) is 12.3 Å². The normalized spacial score (nSPS) is 18.1. The first-order valence-corrected chi connectivity index (χ1v) is 31.1. The SMILES string of the molecule is CC1=Cc2ccccc2[CH]1[Zr]([Cl])([Cl])([CH]1C(C)=Cc2c(-c3cccc4cccnc34)cccc21)[SiH](c1ccccc1)c1ccccc1. The summed E-state index contributed by atoms with van der Waals surface area (Å²) in [6.07, 6.45) is 6.61. The Morgan fingerprint density at radius 3 is 1.87 bits per heavy atom. The molecule has 0 spiro atoms. The van der Waals surface area contributed by atoms with Crippen molar-refractivity contribution in [2.45, 2.75) is 21.1 Å². The summed E-state index contributed by atoms with van der Waals surface area (Å²) in [5.74, 6) is -2.28. The molecule has 0 N–H and O–H groups in total. The van der Waals surface area contributed by atoms with Gasteiger partial charge in [-0.25, -0.2) is 0 Å². The van der Waals surface area contributed by atoms with E-state index in [1.54, 1.807) is 0 Å². The molecule has 0 amide bonds. The van der Waals surface area contributed by atoms with Gasteiger partial charge in [-0.05, 0) is 0 Å². The van der Waals surface area contributed by atoms with Crippen LogP contribution in [0.4, 0.5) is 0 Å². The van der Waals surface area contributed by atoms with E-state index >= 15 is 0 Å². The summed E-state index contributed by atoms with van der Waals surface area (Å²) in [4.78, 5) is 4.83. The van der Waals surface area contributed by atoms with Crippen molar-refractivity contribution in [3.63, 3.8) is 0 Å².